The fourth-order valence-corrected chi connectivity index (χ4v) is 1.55. The molecule has 0 bridgehead atoms. The van der Waals surface area contributed by atoms with Crippen molar-refractivity contribution in [1.82, 2.24) is 4.98 Å². The number of hydrogen-bond acceptors (Lipinski definition) is 3. The summed E-state index contributed by atoms with van der Waals surface area (Å²) in [4.78, 5) is 24.6. The van der Waals surface area contributed by atoms with E-state index in [0.717, 1.165) is 6.07 Å². The van der Waals surface area contributed by atoms with Crippen molar-refractivity contribution < 1.29 is 18.7 Å². The number of H-pyrrole nitrogens is 1. The summed E-state index contributed by atoms with van der Waals surface area (Å²) >= 11 is 0. The first-order chi connectivity index (χ1) is 7.65. The Morgan fingerprint density at radius 2 is 2.19 bits per heavy atom. The number of hydrogen-bond donors (Lipinski definition) is 1. The Morgan fingerprint density at radius 3 is 2.81 bits per heavy atom. The summed E-state index contributed by atoms with van der Waals surface area (Å²) in [5, 5.41) is 0.497. The number of methoxy groups -OCH3 is 1. The lowest BCUT2D eigenvalue weighted by Gasteiger charge is -1.94. The third kappa shape index (κ3) is 1.56. The van der Waals surface area contributed by atoms with Crippen LogP contribution in [0.1, 0.15) is 20.8 Å². The molecule has 1 heterocycles. The first-order valence-electron chi connectivity index (χ1n) is 4.51. The zero-order valence-electron chi connectivity index (χ0n) is 8.41. The minimum Gasteiger partial charge on any atom is -0.464 e. The number of carbonyl (C=O) groups excluding carboxylic acids is 2. The molecule has 0 radical (unpaired) electrons. The molecule has 0 aliphatic heterocycles. The number of aromatic nitrogens is 1. The van der Waals surface area contributed by atoms with Gasteiger partial charge in [-0.1, -0.05) is 0 Å². The van der Waals surface area contributed by atoms with E-state index < -0.39 is 11.8 Å². The van der Waals surface area contributed by atoms with Crippen LogP contribution in [0.25, 0.3) is 10.9 Å². The number of aldehydes is 1. The predicted octanol–water partition coefficient (Wildman–Crippen LogP) is 1.91. The van der Waals surface area contributed by atoms with Gasteiger partial charge in [-0.25, -0.2) is 9.18 Å². The lowest BCUT2D eigenvalue weighted by atomic mass is 10.1. The molecule has 0 fully saturated rings. The van der Waals surface area contributed by atoms with Gasteiger partial charge in [0.2, 0.25) is 0 Å². The molecule has 16 heavy (non-hydrogen) atoms. The molecule has 1 aromatic carbocycles. The Balaban J connectivity index is 2.69. The van der Waals surface area contributed by atoms with Crippen molar-refractivity contribution in [3.8, 4) is 0 Å². The summed E-state index contributed by atoms with van der Waals surface area (Å²) in [6.07, 6.45) is 0.542. The van der Waals surface area contributed by atoms with E-state index in [1.165, 1.54) is 19.2 Å². The Morgan fingerprint density at radius 1 is 1.44 bits per heavy atom. The molecule has 1 N–H and O–H groups in total. The van der Waals surface area contributed by atoms with Crippen molar-refractivity contribution in [3.63, 3.8) is 0 Å². The molecule has 2 rings (SSSR count). The van der Waals surface area contributed by atoms with Crippen LogP contribution >= 0.6 is 0 Å². The van der Waals surface area contributed by atoms with Gasteiger partial charge in [0.05, 0.1) is 7.11 Å². The third-order valence-electron chi connectivity index (χ3n) is 2.27. The van der Waals surface area contributed by atoms with Crippen LogP contribution in [0, 0.1) is 5.82 Å². The molecule has 0 aliphatic rings. The van der Waals surface area contributed by atoms with Gasteiger partial charge >= 0.3 is 5.97 Å². The average Bonchev–Trinajstić information content (AvgIpc) is 2.70. The summed E-state index contributed by atoms with van der Waals surface area (Å²) in [5.74, 6) is -1.10. The lowest BCUT2D eigenvalue weighted by Crippen LogP contribution is -2.00. The average molecular weight is 221 g/mol. The highest BCUT2D eigenvalue weighted by atomic mass is 19.1. The van der Waals surface area contributed by atoms with Crippen LogP contribution in [0.2, 0.25) is 0 Å². The van der Waals surface area contributed by atoms with Gasteiger partial charge in [-0.05, 0) is 18.2 Å². The number of nitrogens with one attached hydrogen (secondary N) is 1. The fraction of sp³-hybridized carbons (Fsp3) is 0.0909. The maximum Gasteiger partial charge on any atom is 0.354 e. The Bertz CT molecular complexity index is 574. The predicted molar refractivity (Wildman–Crippen MR) is 55.0 cm³/mol. The van der Waals surface area contributed by atoms with Crippen molar-refractivity contribution in [2.45, 2.75) is 0 Å². The quantitative estimate of drug-likeness (QED) is 0.622. The van der Waals surface area contributed by atoms with Gasteiger partial charge in [-0.3, -0.25) is 4.79 Å². The minimum atomic E-state index is -0.562. The molecule has 0 saturated heterocycles. The van der Waals surface area contributed by atoms with Crippen LogP contribution in [-0.2, 0) is 4.74 Å². The topological polar surface area (TPSA) is 59.2 Å². The molecule has 82 valence electrons. The molecule has 0 unspecified atom stereocenters. The smallest absolute Gasteiger partial charge is 0.354 e. The van der Waals surface area contributed by atoms with E-state index in [9.17, 15) is 14.0 Å². The van der Waals surface area contributed by atoms with E-state index in [4.69, 9.17) is 0 Å². The SMILES string of the molecule is COC(=O)c1cc2c(C=O)cc(F)cc2[nH]1. The van der Waals surface area contributed by atoms with E-state index >= 15 is 0 Å². The highest BCUT2D eigenvalue weighted by Gasteiger charge is 2.12. The standard InChI is InChI=1S/C11H8FNO3/c1-16-11(15)10-4-8-6(5-14)2-7(12)3-9(8)13-10/h2-5,13H,1H3. The van der Waals surface area contributed by atoms with Crippen LogP contribution < -0.4 is 0 Å². The van der Waals surface area contributed by atoms with E-state index in [-0.39, 0.29) is 11.3 Å². The first-order valence-corrected chi connectivity index (χ1v) is 4.51. The summed E-state index contributed by atoms with van der Waals surface area (Å²) < 4.78 is 17.6. The minimum absolute atomic E-state index is 0.186. The van der Waals surface area contributed by atoms with Crippen molar-refractivity contribution in [3.05, 3.63) is 35.3 Å². The van der Waals surface area contributed by atoms with Crippen LogP contribution in [0.3, 0.4) is 0 Å². The molecule has 0 saturated carbocycles. The molecule has 0 amide bonds. The zero-order valence-corrected chi connectivity index (χ0v) is 8.41. The third-order valence-corrected chi connectivity index (χ3v) is 2.27. The van der Waals surface area contributed by atoms with Crippen molar-refractivity contribution in [2.24, 2.45) is 0 Å². The summed E-state index contributed by atoms with van der Waals surface area (Å²) in [6, 6.07) is 3.79. The molecule has 1 aromatic heterocycles. The molecule has 2 aromatic rings. The second-order valence-corrected chi connectivity index (χ2v) is 3.25. The van der Waals surface area contributed by atoms with Gasteiger partial charge in [-0.15, -0.1) is 0 Å². The molecule has 4 nitrogen and oxygen atoms in total. The summed E-state index contributed by atoms with van der Waals surface area (Å²) in [6.45, 7) is 0. The van der Waals surface area contributed by atoms with Gasteiger partial charge in [0.1, 0.15) is 11.5 Å². The Labute approximate surface area is 90.0 Å². The van der Waals surface area contributed by atoms with E-state index in [1.54, 1.807) is 0 Å². The maximum absolute atomic E-state index is 13.1. The fourth-order valence-electron chi connectivity index (χ4n) is 1.55. The van der Waals surface area contributed by atoms with Crippen molar-refractivity contribution in [1.29, 1.82) is 0 Å². The molecule has 0 aliphatic carbocycles. The Kier molecular flexibility index (Phi) is 2.44. The lowest BCUT2D eigenvalue weighted by molar-refractivity contribution is 0.0595. The number of carbonyl (C=O) groups is 2. The molecular formula is C11H8FNO3. The number of aromatic amines is 1. The normalized spacial score (nSPS) is 10.4. The second-order valence-electron chi connectivity index (χ2n) is 3.25. The van der Waals surface area contributed by atoms with E-state index in [1.807, 2.05) is 0 Å². The van der Waals surface area contributed by atoms with Gasteiger partial charge in [-0.2, -0.15) is 0 Å². The number of rotatable bonds is 2. The highest BCUT2D eigenvalue weighted by molar-refractivity contribution is 6.01. The van der Waals surface area contributed by atoms with Crippen LogP contribution in [-0.4, -0.2) is 24.3 Å². The molecule has 5 heteroatoms. The largest absolute Gasteiger partial charge is 0.464 e. The summed E-state index contributed by atoms with van der Waals surface area (Å²) in [7, 11) is 1.25. The molecule has 0 spiro atoms. The molecular weight excluding hydrogens is 213 g/mol. The zero-order chi connectivity index (χ0) is 11.7. The van der Waals surface area contributed by atoms with Crippen molar-refractivity contribution >= 4 is 23.2 Å². The Hall–Kier alpha value is -2.17. The monoisotopic (exact) mass is 221 g/mol. The van der Waals surface area contributed by atoms with Crippen LogP contribution in [0.4, 0.5) is 4.39 Å². The van der Waals surface area contributed by atoms with Gasteiger partial charge in [0.25, 0.3) is 0 Å². The van der Waals surface area contributed by atoms with Gasteiger partial charge in [0, 0.05) is 16.5 Å². The number of halogens is 1. The number of benzene rings is 1. The molecule has 0 atom stereocenters. The summed E-state index contributed by atoms with van der Waals surface area (Å²) in [5.41, 5.74) is 0.773. The number of esters is 1. The van der Waals surface area contributed by atoms with Crippen molar-refractivity contribution in [2.75, 3.05) is 7.11 Å². The van der Waals surface area contributed by atoms with Gasteiger partial charge in [0.15, 0.2) is 6.29 Å². The second kappa shape index (κ2) is 3.77. The maximum atomic E-state index is 13.1. The van der Waals surface area contributed by atoms with Crippen LogP contribution in [0.15, 0.2) is 18.2 Å². The van der Waals surface area contributed by atoms with E-state index in [0.29, 0.717) is 17.2 Å². The highest BCUT2D eigenvalue weighted by Crippen LogP contribution is 2.20. The number of fused-ring (bicyclic) bond motifs is 1. The van der Waals surface area contributed by atoms with E-state index in [2.05, 4.69) is 9.72 Å². The van der Waals surface area contributed by atoms with Crippen LogP contribution in [0.5, 0.6) is 0 Å². The van der Waals surface area contributed by atoms with Gasteiger partial charge < -0.3 is 9.72 Å². The number of ether oxygens (including phenoxy) is 1. The first kappa shape index (κ1) is 10.4.